The average Bonchev–Trinajstić information content (AvgIpc) is 3.05. The Bertz CT molecular complexity index is 949. The van der Waals surface area contributed by atoms with E-state index in [1.165, 1.54) is 5.56 Å². The Kier molecular flexibility index (Phi) is 7.88. The minimum absolute atomic E-state index is 0.218. The number of ether oxygens (including phenoxy) is 1. The molecule has 0 radical (unpaired) electrons. The Morgan fingerprint density at radius 1 is 1.03 bits per heavy atom. The number of nitrogens with zero attached hydrogens (tertiary/aromatic N) is 3. The van der Waals surface area contributed by atoms with Gasteiger partial charge in [0.1, 0.15) is 5.75 Å². The molecule has 3 rings (SSSR count). The zero-order valence-electron chi connectivity index (χ0n) is 19.4. The van der Waals surface area contributed by atoms with Crippen LogP contribution in [0.15, 0.2) is 54.6 Å². The molecule has 0 aliphatic carbocycles. The highest BCUT2D eigenvalue weighted by molar-refractivity contribution is 5.43. The molecule has 5 nitrogen and oxygen atoms in total. The summed E-state index contributed by atoms with van der Waals surface area (Å²) in [6.45, 7) is 12.6. The normalized spacial score (nSPS) is 12.5. The van der Waals surface area contributed by atoms with Crippen LogP contribution >= 0.6 is 0 Å². The Morgan fingerprint density at radius 2 is 1.71 bits per heavy atom. The van der Waals surface area contributed by atoms with Gasteiger partial charge in [0.2, 0.25) is 5.88 Å². The molecule has 0 aliphatic rings. The lowest BCUT2D eigenvalue weighted by atomic mass is 10.1. The molecule has 1 heterocycles. The Hall–Kier alpha value is -2.63. The van der Waals surface area contributed by atoms with Crippen LogP contribution in [0.3, 0.4) is 0 Å². The summed E-state index contributed by atoms with van der Waals surface area (Å²) in [5, 5.41) is 15.3. The lowest BCUT2D eigenvalue weighted by Gasteiger charge is -2.26. The van der Waals surface area contributed by atoms with Crippen molar-refractivity contribution in [2.75, 3.05) is 13.1 Å². The molecule has 1 aromatic heterocycles. The van der Waals surface area contributed by atoms with Gasteiger partial charge in [0.05, 0.1) is 23.0 Å². The zero-order valence-corrected chi connectivity index (χ0v) is 19.4. The monoisotopic (exact) mass is 421 g/mol. The number of rotatable bonds is 10. The van der Waals surface area contributed by atoms with Crippen molar-refractivity contribution in [3.05, 3.63) is 71.4 Å². The van der Waals surface area contributed by atoms with Gasteiger partial charge in [0, 0.05) is 13.1 Å². The van der Waals surface area contributed by atoms with Crippen LogP contribution in [-0.2, 0) is 6.54 Å². The molecule has 0 saturated carbocycles. The SMILES string of the molecule is CCCN(Cc1c(C)nn(-c2ccccc2)c1Oc1ccc(C)cc1)C[C@H](O)C(C)C. The minimum atomic E-state index is -0.363. The highest BCUT2D eigenvalue weighted by Gasteiger charge is 2.23. The maximum atomic E-state index is 10.5. The van der Waals surface area contributed by atoms with Crippen LogP contribution in [0.25, 0.3) is 5.69 Å². The molecular formula is C26H35N3O2. The maximum absolute atomic E-state index is 10.5. The molecule has 0 aliphatic heterocycles. The highest BCUT2D eigenvalue weighted by atomic mass is 16.5. The van der Waals surface area contributed by atoms with Crippen molar-refractivity contribution in [3.8, 4) is 17.3 Å². The smallest absolute Gasteiger partial charge is 0.227 e. The Morgan fingerprint density at radius 3 is 2.32 bits per heavy atom. The van der Waals surface area contributed by atoms with E-state index in [-0.39, 0.29) is 12.0 Å². The van der Waals surface area contributed by atoms with Crippen molar-refractivity contribution in [2.24, 2.45) is 5.92 Å². The standard InChI is InChI=1S/C26H35N3O2/c1-6-16-28(18-25(30)19(2)3)17-24-21(5)27-29(22-10-8-7-9-11-22)26(24)31-23-14-12-20(4)13-15-23/h7-15,19,25,30H,6,16-18H2,1-5H3/t25-/m0/s1. The van der Waals surface area contributed by atoms with Crippen molar-refractivity contribution in [1.82, 2.24) is 14.7 Å². The number of aliphatic hydroxyl groups is 1. The van der Waals surface area contributed by atoms with Gasteiger partial charge in [-0.15, -0.1) is 0 Å². The fourth-order valence-corrected chi connectivity index (χ4v) is 3.54. The summed E-state index contributed by atoms with van der Waals surface area (Å²) in [7, 11) is 0. The summed E-state index contributed by atoms with van der Waals surface area (Å²) in [6.07, 6.45) is 0.655. The third-order valence-corrected chi connectivity index (χ3v) is 5.51. The van der Waals surface area contributed by atoms with E-state index in [9.17, 15) is 5.11 Å². The van der Waals surface area contributed by atoms with Gasteiger partial charge in [-0.05, 0) is 57.0 Å². The van der Waals surface area contributed by atoms with E-state index < -0.39 is 0 Å². The minimum Gasteiger partial charge on any atom is -0.439 e. The quantitative estimate of drug-likeness (QED) is 0.469. The fourth-order valence-electron chi connectivity index (χ4n) is 3.54. The van der Waals surface area contributed by atoms with Gasteiger partial charge in [-0.1, -0.05) is 56.7 Å². The van der Waals surface area contributed by atoms with E-state index in [4.69, 9.17) is 9.84 Å². The van der Waals surface area contributed by atoms with E-state index >= 15 is 0 Å². The van der Waals surface area contributed by atoms with Gasteiger partial charge in [0.15, 0.2) is 0 Å². The highest BCUT2D eigenvalue weighted by Crippen LogP contribution is 2.32. The van der Waals surface area contributed by atoms with Crippen molar-refractivity contribution in [3.63, 3.8) is 0 Å². The topological polar surface area (TPSA) is 50.5 Å². The van der Waals surface area contributed by atoms with E-state index in [2.05, 4.69) is 32.6 Å². The van der Waals surface area contributed by atoms with Crippen LogP contribution in [0.4, 0.5) is 0 Å². The summed E-state index contributed by atoms with van der Waals surface area (Å²) in [5.74, 6) is 1.73. The summed E-state index contributed by atoms with van der Waals surface area (Å²) in [4.78, 5) is 2.30. The average molecular weight is 422 g/mol. The molecule has 0 saturated heterocycles. The molecule has 0 bridgehead atoms. The molecule has 0 spiro atoms. The molecule has 1 N–H and O–H groups in total. The molecule has 31 heavy (non-hydrogen) atoms. The van der Waals surface area contributed by atoms with Gasteiger partial charge >= 0.3 is 0 Å². The Balaban J connectivity index is 1.99. The molecular weight excluding hydrogens is 386 g/mol. The van der Waals surface area contributed by atoms with E-state index in [0.717, 1.165) is 41.5 Å². The molecule has 2 aromatic carbocycles. The summed E-state index contributed by atoms with van der Waals surface area (Å²) in [6, 6.07) is 18.1. The van der Waals surface area contributed by atoms with Crippen LogP contribution in [0.5, 0.6) is 11.6 Å². The predicted molar refractivity (Wildman–Crippen MR) is 126 cm³/mol. The van der Waals surface area contributed by atoms with E-state index in [1.807, 2.05) is 66.2 Å². The summed E-state index contributed by atoms with van der Waals surface area (Å²) in [5.41, 5.74) is 4.14. The molecule has 5 heteroatoms. The lowest BCUT2D eigenvalue weighted by Crippen LogP contribution is -2.35. The predicted octanol–water partition coefficient (Wildman–Crippen LogP) is 5.51. The van der Waals surface area contributed by atoms with Gasteiger partial charge in [-0.25, -0.2) is 4.68 Å². The van der Waals surface area contributed by atoms with Crippen molar-refractivity contribution >= 4 is 0 Å². The number of aryl methyl sites for hydroxylation is 2. The first kappa shape index (κ1) is 23.0. The second-order valence-electron chi connectivity index (χ2n) is 8.58. The largest absolute Gasteiger partial charge is 0.439 e. The van der Waals surface area contributed by atoms with E-state index in [1.54, 1.807) is 0 Å². The number of aromatic nitrogens is 2. The number of hydrogen-bond acceptors (Lipinski definition) is 4. The van der Waals surface area contributed by atoms with Crippen molar-refractivity contribution in [2.45, 2.75) is 53.7 Å². The van der Waals surface area contributed by atoms with Gasteiger partial charge in [-0.3, -0.25) is 4.90 Å². The first-order valence-corrected chi connectivity index (χ1v) is 11.2. The lowest BCUT2D eigenvalue weighted by molar-refractivity contribution is 0.0728. The van der Waals surface area contributed by atoms with Crippen LogP contribution < -0.4 is 4.74 Å². The van der Waals surface area contributed by atoms with Crippen LogP contribution in [0, 0.1) is 19.8 Å². The number of benzene rings is 2. The second-order valence-corrected chi connectivity index (χ2v) is 8.58. The van der Waals surface area contributed by atoms with Crippen LogP contribution in [0.1, 0.15) is 44.0 Å². The summed E-state index contributed by atoms with van der Waals surface area (Å²) < 4.78 is 8.30. The zero-order chi connectivity index (χ0) is 22.4. The van der Waals surface area contributed by atoms with Crippen LogP contribution in [-0.4, -0.2) is 39.0 Å². The molecule has 1 atom stereocenters. The first-order chi connectivity index (χ1) is 14.9. The second kappa shape index (κ2) is 10.6. The molecule has 0 fully saturated rings. The number of hydrogen-bond donors (Lipinski definition) is 1. The Labute approximate surface area is 186 Å². The van der Waals surface area contributed by atoms with Gasteiger partial charge in [-0.2, -0.15) is 5.10 Å². The third-order valence-electron chi connectivity index (χ3n) is 5.51. The molecule has 0 unspecified atom stereocenters. The third kappa shape index (κ3) is 5.96. The van der Waals surface area contributed by atoms with Crippen molar-refractivity contribution < 1.29 is 9.84 Å². The van der Waals surface area contributed by atoms with Crippen LogP contribution in [0.2, 0.25) is 0 Å². The molecule has 0 amide bonds. The van der Waals surface area contributed by atoms with Gasteiger partial charge < -0.3 is 9.84 Å². The van der Waals surface area contributed by atoms with Crippen molar-refractivity contribution in [1.29, 1.82) is 0 Å². The molecule has 3 aromatic rings. The number of para-hydroxylation sites is 1. The first-order valence-electron chi connectivity index (χ1n) is 11.2. The van der Waals surface area contributed by atoms with Gasteiger partial charge in [0.25, 0.3) is 0 Å². The van der Waals surface area contributed by atoms with E-state index in [0.29, 0.717) is 13.1 Å². The molecule has 166 valence electrons. The fraction of sp³-hybridized carbons (Fsp3) is 0.423. The maximum Gasteiger partial charge on any atom is 0.227 e. The number of aliphatic hydroxyl groups excluding tert-OH is 1. The summed E-state index contributed by atoms with van der Waals surface area (Å²) >= 11 is 0.